The molecule has 2 N–H and O–H groups in total. The van der Waals surface area contributed by atoms with Crippen molar-refractivity contribution in [3.8, 4) is 11.1 Å². The van der Waals surface area contributed by atoms with Crippen LogP contribution in [-0.4, -0.2) is 43.5 Å². The van der Waals surface area contributed by atoms with Gasteiger partial charge in [-0.15, -0.1) is 0 Å². The third-order valence-electron chi connectivity index (χ3n) is 3.21. The summed E-state index contributed by atoms with van der Waals surface area (Å²) < 4.78 is 4.32. The molecule has 0 aliphatic carbocycles. The highest BCUT2D eigenvalue weighted by atomic mass is 32.1. The molecule has 0 radical (unpaired) electrons. The summed E-state index contributed by atoms with van der Waals surface area (Å²) in [5.41, 5.74) is 8.24. The molecule has 0 saturated carbocycles. The molecule has 20 heavy (non-hydrogen) atoms. The number of rotatable bonds is 6. The maximum absolute atomic E-state index is 6.05. The molecule has 108 valence electrons. The van der Waals surface area contributed by atoms with E-state index in [4.69, 9.17) is 5.73 Å². The Balaban J connectivity index is 2.17. The summed E-state index contributed by atoms with van der Waals surface area (Å²) in [7, 11) is 6.30. The summed E-state index contributed by atoms with van der Waals surface area (Å²) in [5.74, 6) is 0.621. The molecule has 1 aromatic heterocycles. The van der Waals surface area contributed by atoms with Crippen LogP contribution >= 0.6 is 11.5 Å². The summed E-state index contributed by atoms with van der Waals surface area (Å²) in [6.45, 7) is 2.08. The highest BCUT2D eigenvalue weighted by Gasteiger charge is 2.16. The summed E-state index contributed by atoms with van der Waals surface area (Å²) in [6.07, 6.45) is 1.12. The molecule has 4 nitrogen and oxygen atoms in total. The van der Waals surface area contributed by atoms with Crippen molar-refractivity contribution in [1.29, 1.82) is 0 Å². The minimum atomic E-state index is 0.621. The van der Waals surface area contributed by atoms with Crippen molar-refractivity contribution in [3.05, 3.63) is 30.3 Å². The normalized spacial score (nSPS) is 11.0. The van der Waals surface area contributed by atoms with E-state index in [0.29, 0.717) is 5.82 Å². The Morgan fingerprint density at radius 3 is 2.45 bits per heavy atom. The fourth-order valence-electron chi connectivity index (χ4n) is 2.16. The van der Waals surface area contributed by atoms with Gasteiger partial charge in [0, 0.05) is 13.6 Å². The monoisotopic (exact) mass is 290 g/mol. The Morgan fingerprint density at radius 2 is 1.80 bits per heavy atom. The van der Waals surface area contributed by atoms with Crippen molar-refractivity contribution >= 4 is 22.4 Å². The quantitative estimate of drug-likeness (QED) is 0.888. The van der Waals surface area contributed by atoms with Gasteiger partial charge in [0.1, 0.15) is 10.8 Å². The minimum Gasteiger partial charge on any atom is -0.382 e. The van der Waals surface area contributed by atoms with E-state index in [0.717, 1.165) is 35.6 Å². The van der Waals surface area contributed by atoms with E-state index < -0.39 is 0 Å². The zero-order chi connectivity index (χ0) is 14.5. The molecule has 0 spiro atoms. The standard InChI is InChI=1S/C15H22N4S/c1-18(2)10-7-11-19(3)15-13(14(16)17-20-15)12-8-5-4-6-9-12/h4-6,8-9H,7,10-11H2,1-3H3,(H2,16,17). The Hall–Kier alpha value is -1.59. The van der Waals surface area contributed by atoms with E-state index in [-0.39, 0.29) is 0 Å². The van der Waals surface area contributed by atoms with Gasteiger partial charge in [0.05, 0.1) is 5.56 Å². The van der Waals surface area contributed by atoms with Crippen LogP contribution in [0, 0.1) is 0 Å². The molecule has 0 bridgehead atoms. The molecule has 1 aromatic carbocycles. The first-order valence-electron chi connectivity index (χ1n) is 6.76. The number of hydrogen-bond acceptors (Lipinski definition) is 5. The molecule has 5 heteroatoms. The number of hydrogen-bond donors (Lipinski definition) is 1. The summed E-state index contributed by atoms with van der Waals surface area (Å²) in [4.78, 5) is 4.45. The van der Waals surface area contributed by atoms with Crippen LogP contribution in [0.3, 0.4) is 0 Å². The van der Waals surface area contributed by atoms with Crippen LogP contribution in [0.5, 0.6) is 0 Å². The molecular formula is C15H22N4S. The predicted molar refractivity (Wildman–Crippen MR) is 88.4 cm³/mol. The molecule has 0 saturated heterocycles. The van der Waals surface area contributed by atoms with E-state index in [1.165, 1.54) is 11.5 Å². The summed E-state index contributed by atoms with van der Waals surface area (Å²) in [5, 5.41) is 1.15. The maximum atomic E-state index is 6.05. The molecule has 0 atom stereocenters. The van der Waals surface area contributed by atoms with E-state index in [9.17, 15) is 0 Å². The van der Waals surface area contributed by atoms with E-state index in [1.54, 1.807) is 0 Å². The van der Waals surface area contributed by atoms with Crippen molar-refractivity contribution < 1.29 is 0 Å². The highest BCUT2D eigenvalue weighted by molar-refractivity contribution is 7.11. The largest absolute Gasteiger partial charge is 0.382 e. The van der Waals surface area contributed by atoms with Gasteiger partial charge >= 0.3 is 0 Å². The molecule has 1 heterocycles. The fourth-order valence-corrected chi connectivity index (χ4v) is 2.98. The second kappa shape index (κ2) is 6.72. The number of benzene rings is 1. The van der Waals surface area contributed by atoms with Crippen LogP contribution in [0.25, 0.3) is 11.1 Å². The van der Waals surface area contributed by atoms with E-state index in [1.807, 2.05) is 18.2 Å². The number of aromatic nitrogens is 1. The van der Waals surface area contributed by atoms with E-state index in [2.05, 4.69) is 47.4 Å². The molecule has 0 aliphatic rings. The number of nitrogens with two attached hydrogens (primary N) is 1. The lowest BCUT2D eigenvalue weighted by molar-refractivity contribution is 0.402. The van der Waals surface area contributed by atoms with Crippen LogP contribution in [-0.2, 0) is 0 Å². The molecule has 0 aliphatic heterocycles. The highest BCUT2D eigenvalue weighted by Crippen LogP contribution is 2.38. The van der Waals surface area contributed by atoms with Crippen molar-refractivity contribution in [3.63, 3.8) is 0 Å². The van der Waals surface area contributed by atoms with Gasteiger partial charge in [-0.3, -0.25) is 0 Å². The molecule has 0 unspecified atom stereocenters. The first kappa shape index (κ1) is 14.8. The Kier molecular flexibility index (Phi) is 4.98. The number of nitrogens with zero attached hydrogens (tertiary/aromatic N) is 3. The topological polar surface area (TPSA) is 45.4 Å². The first-order chi connectivity index (χ1) is 9.59. The zero-order valence-electron chi connectivity index (χ0n) is 12.3. The second-order valence-electron chi connectivity index (χ2n) is 5.19. The number of nitrogen functional groups attached to an aromatic ring is 1. The fraction of sp³-hybridized carbons (Fsp3) is 0.400. The van der Waals surface area contributed by atoms with Crippen LogP contribution < -0.4 is 10.6 Å². The zero-order valence-corrected chi connectivity index (χ0v) is 13.2. The van der Waals surface area contributed by atoms with Gasteiger partial charge < -0.3 is 15.5 Å². The van der Waals surface area contributed by atoms with Crippen molar-refractivity contribution in [1.82, 2.24) is 9.27 Å². The molecule has 2 rings (SSSR count). The molecule has 2 aromatic rings. The smallest absolute Gasteiger partial charge is 0.147 e. The van der Waals surface area contributed by atoms with Crippen LogP contribution in [0.1, 0.15) is 6.42 Å². The van der Waals surface area contributed by atoms with Crippen molar-refractivity contribution in [2.75, 3.05) is 44.9 Å². The third kappa shape index (κ3) is 3.49. The van der Waals surface area contributed by atoms with Gasteiger partial charge in [-0.05, 0) is 44.2 Å². The average Bonchev–Trinajstić information content (AvgIpc) is 2.81. The maximum Gasteiger partial charge on any atom is 0.147 e. The minimum absolute atomic E-state index is 0.621. The predicted octanol–water partition coefficient (Wildman–Crippen LogP) is 2.78. The molecule has 0 amide bonds. The Bertz CT molecular complexity index is 536. The van der Waals surface area contributed by atoms with E-state index >= 15 is 0 Å². The SMILES string of the molecule is CN(C)CCCN(C)c1snc(N)c1-c1ccccc1. The van der Waals surface area contributed by atoms with Gasteiger partial charge in [0.25, 0.3) is 0 Å². The van der Waals surface area contributed by atoms with Gasteiger partial charge in [-0.1, -0.05) is 30.3 Å². The number of anilines is 2. The lowest BCUT2D eigenvalue weighted by Crippen LogP contribution is -2.23. The molecule has 0 fully saturated rings. The average molecular weight is 290 g/mol. The first-order valence-corrected chi connectivity index (χ1v) is 7.53. The Labute approximate surface area is 125 Å². The van der Waals surface area contributed by atoms with Crippen LogP contribution in [0.15, 0.2) is 30.3 Å². The third-order valence-corrected chi connectivity index (χ3v) is 4.19. The molecular weight excluding hydrogens is 268 g/mol. The van der Waals surface area contributed by atoms with Gasteiger partial charge in [-0.2, -0.15) is 4.37 Å². The lowest BCUT2D eigenvalue weighted by atomic mass is 10.1. The van der Waals surface area contributed by atoms with Crippen molar-refractivity contribution in [2.45, 2.75) is 6.42 Å². The van der Waals surface area contributed by atoms with Gasteiger partial charge in [-0.25, -0.2) is 0 Å². The second-order valence-corrected chi connectivity index (χ2v) is 5.94. The van der Waals surface area contributed by atoms with Crippen LogP contribution in [0.4, 0.5) is 10.8 Å². The Morgan fingerprint density at radius 1 is 1.10 bits per heavy atom. The van der Waals surface area contributed by atoms with Crippen molar-refractivity contribution in [2.24, 2.45) is 0 Å². The summed E-state index contributed by atoms with van der Waals surface area (Å²) >= 11 is 1.48. The summed E-state index contributed by atoms with van der Waals surface area (Å²) in [6, 6.07) is 10.2. The van der Waals surface area contributed by atoms with Crippen LogP contribution in [0.2, 0.25) is 0 Å². The van der Waals surface area contributed by atoms with Gasteiger partial charge in [0.2, 0.25) is 0 Å². The van der Waals surface area contributed by atoms with Gasteiger partial charge in [0.15, 0.2) is 0 Å². The lowest BCUT2D eigenvalue weighted by Gasteiger charge is -2.20.